The monoisotopic (exact) mass is 375 g/mol. The quantitative estimate of drug-likeness (QED) is 0.580. The van der Waals surface area contributed by atoms with Gasteiger partial charge in [0.05, 0.1) is 29.3 Å². The molecule has 0 radical (unpaired) electrons. The Morgan fingerprint density at radius 2 is 2.14 bits per heavy atom. The lowest BCUT2D eigenvalue weighted by Gasteiger charge is -2.11. The number of amides is 1. The summed E-state index contributed by atoms with van der Waals surface area (Å²) in [6.07, 6.45) is 9.18. The molecular formula is C21H18FN5O. The third-order valence-electron chi connectivity index (χ3n) is 5.08. The molecule has 3 heterocycles. The van der Waals surface area contributed by atoms with Gasteiger partial charge in [-0.2, -0.15) is 5.10 Å². The number of aryl methyl sites for hydroxylation is 1. The topological polar surface area (TPSA) is 64.2 Å². The number of carbonyl (C=O) groups excluding carboxylic acids is 1. The summed E-state index contributed by atoms with van der Waals surface area (Å²) in [4.78, 5) is 17.1. The first-order valence-electron chi connectivity index (χ1n) is 9.18. The molecule has 1 aliphatic rings. The molecule has 0 unspecified atom stereocenters. The number of rotatable bonds is 4. The molecular weight excluding hydrogens is 357 g/mol. The zero-order valence-electron chi connectivity index (χ0n) is 15.3. The Hall–Kier alpha value is -3.48. The van der Waals surface area contributed by atoms with Gasteiger partial charge in [0.2, 0.25) is 0 Å². The summed E-state index contributed by atoms with van der Waals surface area (Å²) >= 11 is 0. The third-order valence-corrected chi connectivity index (χ3v) is 5.08. The summed E-state index contributed by atoms with van der Waals surface area (Å²) in [5.74, 6) is -0.641. The van der Waals surface area contributed by atoms with Crippen molar-refractivity contribution in [1.29, 1.82) is 0 Å². The molecule has 0 atom stereocenters. The summed E-state index contributed by atoms with van der Waals surface area (Å²) in [6, 6.07) is 9.08. The second-order valence-corrected chi connectivity index (χ2v) is 7.13. The van der Waals surface area contributed by atoms with Gasteiger partial charge >= 0.3 is 0 Å². The molecule has 5 rings (SSSR count). The molecule has 3 aromatic heterocycles. The van der Waals surface area contributed by atoms with E-state index >= 15 is 0 Å². The number of hydrogen-bond acceptors (Lipinski definition) is 3. The van der Waals surface area contributed by atoms with Crippen molar-refractivity contribution in [3.8, 4) is 11.3 Å². The van der Waals surface area contributed by atoms with Gasteiger partial charge in [-0.05, 0) is 49.6 Å². The SMILES string of the molecule is Cc1cc(F)c(-c2cn(C3CC3)cn2)cc1NC(=O)c1cnn2ccccc12. The highest BCUT2D eigenvalue weighted by molar-refractivity contribution is 6.09. The molecule has 6 nitrogen and oxygen atoms in total. The van der Waals surface area contributed by atoms with Crippen molar-refractivity contribution in [2.45, 2.75) is 25.8 Å². The van der Waals surface area contributed by atoms with Crippen LogP contribution in [-0.2, 0) is 0 Å². The number of imidazole rings is 1. The minimum Gasteiger partial charge on any atom is -0.334 e. The first kappa shape index (κ1) is 16.7. The van der Waals surface area contributed by atoms with Crippen LogP contribution < -0.4 is 5.32 Å². The van der Waals surface area contributed by atoms with Gasteiger partial charge in [-0.3, -0.25) is 4.79 Å². The van der Waals surface area contributed by atoms with E-state index in [2.05, 4.69) is 15.4 Å². The Morgan fingerprint density at radius 1 is 1.29 bits per heavy atom. The minimum absolute atomic E-state index is 0.287. The van der Waals surface area contributed by atoms with Gasteiger partial charge in [-0.25, -0.2) is 13.9 Å². The molecule has 7 heteroatoms. The van der Waals surface area contributed by atoms with E-state index < -0.39 is 0 Å². The molecule has 1 N–H and O–H groups in total. The van der Waals surface area contributed by atoms with E-state index in [0.29, 0.717) is 39.6 Å². The Bertz CT molecular complexity index is 1200. The van der Waals surface area contributed by atoms with Crippen molar-refractivity contribution >= 4 is 17.1 Å². The first-order chi connectivity index (χ1) is 13.6. The third kappa shape index (κ3) is 2.85. The van der Waals surface area contributed by atoms with Crippen LogP contribution in [0.1, 0.15) is 34.8 Å². The zero-order valence-corrected chi connectivity index (χ0v) is 15.3. The number of fused-ring (bicyclic) bond motifs is 1. The summed E-state index contributed by atoms with van der Waals surface area (Å²) in [7, 11) is 0. The van der Waals surface area contributed by atoms with Crippen LogP contribution in [0.5, 0.6) is 0 Å². The van der Waals surface area contributed by atoms with Crippen molar-refractivity contribution in [2.75, 3.05) is 5.32 Å². The summed E-state index contributed by atoms with van der Waals surface area (Å²) in [6.45, 7) is 1.77. The van der Waals surface area contributed by atoms with Gasteiger partial charge in [0.1, 0.15) is 5.82 Å². The maximum atomic E-state index is 14.6. The highest BCUT2D eigenvalue weighted by atomic mass is 19.1. The molecule has 1 saturated carbocycles. The van der Waals surface area contributed by atoms with Gasteiger partial charge in [0, 0.05) is 29.7 Å². The van der Waals surface area contributed by atoms with Crippen molar-refractivity contribution in [3.63, 3.8) is 0 Å². The lowest BCUT2D eigenvalue weighted by Crippen LogP contribution is -2.13. The van der Waals surface area contributed by atoms with Gasteiger partial charge in [0.15, 0.2) is 0 Å². The maximum Gasteiger partial charge on any atom is 0.259 e. The molecule has 0 saturated heterocycles. The average molecular weight is 375 g/mol. The van der Waals surface area contributed by atoms with E-state index in [9.17, 15) is 9.18 Å². The highest BCUT2D eigenvalue weighted by Crippen LogP contribution is 2.36. The van der Waals surface area contributed by atoms with Gasteiger partial charge in [-0.15, -0.1) is 0 Å². The lowest BCUT2D eigenvalue weighted by atomic mass is 10.1. The smallest absolute Gasteiger partial charge is 0.259 e. The zero-order chi connectivity index (χ0) is 19.3. The van der Waals surface area contributed by atoms with Gasteiger partial charge in [0.25, 0.3) is 5.91 Å². The van der Waals surface area contributed by atoms with Crippen LogP contribution in [0.2, 0.25) is 0 Å². The van der Waals surface area contributed by atoms with Crippen LogP contribution in [0.3, 0.4) is 0 Å². The molecule has 4 aromatic rings. The van der Waals surface area contributed by atoms with Crippen LogP contribution in [0.15, 0.2) is 55.2 Å². The number of halogens is 1. The molecule has 1 amide bonds. The van der Waals surface area contributed by atoms with Gasteiger partial charge < -0.3 is 9.88 Å². The summed E-state index contributed by atoms with van der Waals surface area (Å²) < 4.78 is 18.2. The average Bonchev–Trinajstić information content (AvgIpc) is 3.26. The van der Waals surface area contributed by atoms with Crippen LogP contribution in [-0.4, -0.2) is 25.1 Å². The predicted octanol–water partition coefficient (Wildman–Crippen LogP) is 4.23. The molecule has 0 spiro atoms. The second-order valence-electron chi connectivity index (χ2n) is 7.13. The van der Waals surface area contributed by atoms with E-state index in [0.717, 1.165) is 12.8 Å². The van der Waals surface area contributed by atoms with E-state index in [4.69, 9.17) is 0 Å². The number of hydrogen-bond donors (Lipinski definition) is 1. The van der Waals surface area contributed by atoms with Crippen molar-refractivity contribution in [2.24, 2.45) is 0 Å². The maximum absolute atomic E-state index is 14.6. The largest absolute Gasteiger partial charge is 0.334 e. The summed E-state index contributed by atoms with van der Waals surface area (Å²) in [5, 5.41) is 7.08. The molecule has 1 aliphatic carbocycles. The van der Waals surface area contributed by atoms with E-state index in [-0.39, 0.29) is 11.7 Å². The van der Waals surface area contributed by atoms with Crippen LogP contribution in [0, 0.1) is 12.7 Å². The fourth-order valence-corrected chi connectivity index (χ4v) is 3.35. The molecule has 1 fully saturated rings. The lowest BCUT2D eigenvalue weighted by molar-refractivity contribution is 0.102. The number of nitrogens with zero attached hydrogens (tertiary/aromatic N) is 4. The van der Waals surface area contributed by atoms with Crippen LogP contribution in [0.4, 0.5) is 10.1 Å². The van der Waals surface area contributed by atoms with E-state index in [1.165, 1.54) is 12.3 Å². The molecule has 0 bridgehead atoms. The first-order valence-corrected chi connectivity index (χ1v) is 9.18. The van der Waals surface area contributed by atoms with Crippen molar-refractivity contribution in [3.05, 3.63) is 72.2 Å². The van der Waals surface area contributed by atoms with Crippen LogP contribution >= 0.6 is 0 Å². The van der Waals surface area contributed by atoms with Gasteiger partial charge in [-0.1, -0.05) is 6.07 Å². The van der Waals surface area contributed by atoms with Crippen molar-refractivity contribution in [1.82, 2.24) is 19.2 Å². The number of carbonyl (C=O) groups is 1. The number of pyridine rings is 1. The molecule has 28 heavy (non-hydrogen) atoms. The molecule has 140 valence electrons. The number of aromatic nitrogens is 4. The minimum atomic E-state index is -0.354. The van der Waals surface area contributed by atoms with E-state index in [1.54, 1.807) is 30.0 Å². The normalized spacial score (nSPS) is 13.8. The number of anilines is 1. The fourth-order valence-electron chi connectivity index (χ4n) is 3.35. The van der Waals surface area contributed by atoms with E-state index in [1.807, 2.05) is 29.0 Å². The standard InChI is InChI=1S/C21H18FN5O/c1-13-8-17(22)15(19-11-26(12-23-19)14-5-6-14)9-18(13)25-21(28)16-10-24-27-7-3-2-4-20(16)27/h2-4,7-12,14H,5-6H2,1H3,(H,25,28). The predicted molar refractivity (Wildman–Crippen MR) is 104 cm³/mol. The Kier molecular flexibility index (Phi) is 3.75. The molecule has 1 aromatic carbocycles. The Labute approximate surface area is 160 Å². The highest BCUT2D eigenvalue weighted by Gasteiger charge is 2.24. The Balaban J connectivity index is 1.48. The second kappa shape index (κ2) is 6.30. The number of benzene rings is 1. The summed E-state index contributed by atoms with van der Waals surface area (Å²) in [5.41, 5.74) is 3.31. The van der Waals surface area contributed by atoms with Crippen LogP contribution in [0.25, 0.3) is 16.8 Å². The number of nitrogens with one attached hydrogen (secondary N) is 1. The molecule has 0 aliphatic heterocycles. The van der Waals surface area contributed by atoms with Crippen molar-refractivity contribution < 1.29 is 9.18 Å². The fraction of sp³-hybridized carbons (Fsp3) is 0.190. The Morgan fingerprint density at radius 3 is 2.96 bits per heavy atom.